The van der Waals surface area contributed by atoms with Gasteiger partial charge < -0.3 is 0 Å². The zero-order valence-electron chi connectivity index (χ0n) is 14.5. The van der Waals surface area contributed by atoms with E-state index in [0.29, 0.717) is 25.4 Å². The molecule has 0 aromatic heterocycles. The Morgan fingerprint density at radius 3 is 2.29 bits per heavy atom. The fourth-order valence-electron chi connectivity index (χ4n) is 2.81. The lowest BCUT2D eigenvalue weighted by Gasteiger charge is -2.30. The van der Waals surface area contributed by atoms with Crippen molar-refractivity contribution < 1.29 is 16.8 Å². The molecule has 0 bridgehead atoms. The summed E-state index contributed by atoms with van der Waals surface area (Å²) in [5.74, 6) is 0.462. The summed E-state index contributed by atoms with van der Waals surface area (Å²) in [6.45, 7) is 3.28. The average Bonchev–Trinajstić information content (AvgIpc) is 2.53. The predicted octanol–water partition coefficient (Wildman–Crippen LogP) is 1.54. The van der Waals surface area contributed by atoms with Crippen LogP contribution in [0.3, 0.4) is 0 Å². The van der Waals surface area contributed by atoms with E-state index in [4.69, 9.17) is 0 Å². The van der Waals surface area contributed by atoms with Crippen molar-refractivity contribution in [3.63, 3.8) is 0 Å². The first kappa shape index (κ1) is 19.4. The number of piperidine rings is 1. The Hall–Kier alpha value is -0.960. The molecule has 1 unspecified atom stereocenters. The number of rotatable bonds is 6. The van der Waals surface area contributed by atoms with E-state index >= 15 is 0 Å². The molecule has 0 N–H and O–H groups in total. The Morgan fingerprint density at radius 1 is 1.12 bits per heavy atom. The van der Waals surface area contributed by atoms with Gasteiger partial charge in [-0.3, -0.25) is 0 Å². The molecule has 6 nitrogen and oxygen atoms in total. The van der Waals surface area contributed by atoms with Crippen LogP contribution in [0.15, 0.2) is 29.2 Å². The minimum Gasteiger partial charge on any atom is -0.212 e. The molecule has 1 fully saturated rings. The SMILES string of the molecule is CC1CCCN(S(=O)(=O)CCc2ccc(S(=O)(=O)N(C)C)cc2)C1. The standard InChI is InChI=1S/C16H26N2O4S2/c1-14-5-4-11-18(13-14)23(19,20)12-10-15-6-8-16(9-7-15)24(21,22)17(2)3/h6-9,14H,4-5,10-13H2,1-3H3. The Bertz CT molecular complexity index is 756. The summed E-state index contributed by atoms with van der Waals surface area (Å²) in [6, 6.07) is 6.43. The average molecular weight is 375 g/mol. The monoisotopic (exact) mass is 374 g/mol. The number of hydrogen-bond acceptors (Lipinski definition) is 4. The zero-order valence-corrected chi connectivity index (χ0v) is 16.1. The molecule has 1 heterocycles. The Kier molecular flexibility index (Phi) is 6.06. The first-order chi connectivity index (χ1) is 11.1. The third-order valence-electron chi connectivity index (χ3n) is 4.36. The molecule has 0 saturated carbocycles. The van der Waals surface area contributed by atoms with Crippen LogP contribution in [0.2, 0.25) is 0 Å². The molecule has 136 valence electrons. The van der Waals surface area contributed by atoms with Crippen LogP contribution in [0.25, 0.3) is 0 Å². The van der Waals surface area contributed by atoms with E-state index in [9.17, 15) is 16.8 Å². The maximum absolute atomic E-state index is 12.4. The number of benzene rings is 1. The van der Waals surface area contributed by atoms with Crippen LogP contribution < -0.4 is 0 Å². The van der Waals surface area contributed by atoms with Gasteiger partial charge in [0.2, 0.25) is 20.0 Å². The molecule has 0 spiro atoms. The van der Waals surface area contributed by atoms with E-state index in [1.807, 2.05) is 0 Å². The van der Waals surface area contributed by atoms with Gasteiger partial charge in [0.15, 0.2) is 0 Å². The van der Waals surface area contributed by atoms with Crippen LogP contribution in [0, 0.1) is 5.92 Å². The van der Waals surface area contributed by atoms with Gasteiger partial charge in [-0.15, -0.1) is 0 Å². The molecular weight excluding hydrogens is 348 g/mol. The second-order valence-electron chi connectivity index (χ2n) is 6.60. The highest BCUT2D eigenvalue weighted by Crippen LogP contribution is 2.20. The summed E-state index contributed by atoms with van der Waals surface area (Å²) in [5.41, 5.74) is 0.821. The van der Waals surface area contributed by atoms with Gasteiger partial charge in [0.05, 0.1) is 10.6 Å². The first-order valence-electron chi connectivity index (χ1n) is 8.12. The van der Waals surface area contributed by atoms with Crippen LogP contribution in [0.5, 0.6) is 0 Å². The van der Waals surface area contributed by atoms with Crippen LogP contribution in [0.1, 0.15) is 25.3 Å². The van der Waals surface area contributed by atoms with Gasteiger partial charge >= 0.3 is 0 Å². The molecule has 1 aromatic rings. The van der Waals surface area contributed by atoms with Crippen molar-refractivity contribution in [1.82, 2.24) is 8.61 Å². The highest BCUT2D eigenvalue weighted by Gasteiger charge is 2.26. The summed E-state index contributed by atoms with van der Waals surface area (Å²) >= 11 is 0. The second kappa shape index (κ2) is 7.51. The summed E-state index contributed by atoms with van der Waals surface area (Å²) in [5, 5.41) is 0. The molecule has 1 aromatic carbocycles. The van der Waals surface area contributed by atoms with E-state index in [1.54, 1.807) is 16.4 Å². The lowest BCUT2D eigenvalue weighted by atomic mass is 10.0. The predicted molar refractivity (Wildman–Crippen MR) is 94.8 cm³/mol. The molecule has 1 saturated heterocycles. The smallest absolute Gasteiger partial charge is 0.212 e. The zero-order chi connectivity index (χ0) is 18.0. The molecule has 0 aliphatic carbocycles. The van der Waals surface area contributed by atoms with Gasteiger partial charge in [0.25, 0.3) is 0 Å². The minimum atomic E-state index is -3.45. The van der Waals surface area contributed by atoms with Gasteiger partial charge in [0, 0.05) is 27.2 Å². The van der Waals surface area contributed by atoms with E-state index in [2.05, 4.69) is 6.92 Å². The van der Waals surface area contributed by atoms with E-state index in [-0.39, 0.29) is 10.6 Å². The maximum atomic E-state index is 12.4. The first-order valence-corrected chi connectivity index (χ1v) is 11.2. The third kappa shape index (κ3) is 4.56. The van der Waals surface area contributed by atoms with Gasteiger partial charge in [-0.2, -0.15) is 0 Å². The second-order valence-corrected chi connectivity index (χ2v) is 10.8. The van der Waals surface area contributed by atoms with Gasteiger partial charge in [0.1, 0.15) is 0 Å². The van der Waals surface area contributed by atoms with E-state index in [1.165, 1.54) is 26.2 Å². The Balaban J connectivity index is 2.02. The minimum absolute atomic E-state index is 0.0551. The quantitative estimate of drug-likeness (QED) is 0.757. The number of hydrogen-bond donors (Lipinski definition) is 0. The van der Waals surface area contributed by atoms with Crippen molar-refractivity contribution in [3.8, 4) is 0 Å². The fraction of sp³-hybridized carbons (Fsp3) is 0.625. The molecule has 8 heteroatoms. The highest BCUT2D eigenvalue weighted by molar-refractivity contribution is 7.89. The van der Waals surface area contributed by atoms with Crippen LogP contribution in [-0.2, 0) is 26.5 Å². The van der Waals surface area contributed by atoms with Crippen molar-refractivity contribution in [3.05, 3.63) is 29.8 Å². The van der Waals surface area contributed by atoms with Crippen molar-refractivity contribution in [2.75, 3.05) is 32.9 Å². The Labute approximate surface area is 145 Å². The number of sulfonamides is 2. The van der Waals surface area contributed by atoms with Gasteiger partial charge in [-0.05, 0) is 42.9 Å². The van der Waals surface area contributed by atoms with Gasteiger partial charge in [-0.25, -0.2) is 25.4 Å². The summed E-state index contributed by atoms with van der Waals surface area (Å²) in [6.07, 6.45) is 2.38. The molecule has 24 heavy (non-hydrogen) atoms. The largest absolute Gasteiger partial charge is 0.242 e. The van der Waals surface area contributed by atoms with Crippen molar-refractivity contribution >= 4 is 20.0 Å². The lowest BCUT2D eigenvalue weighted by Crippen LogP contribution is -2.40. The van der Waals surface area contributed by atoms with Crippen LogP contribution in [-0.4, -0.2) is 58.4 Å². The summed E-state index contributed by atoms with van der Waals surface area (Å²) < 4.78 is 51.7. The van der Waals surface area contributed by atoms with Crippen molar-refractivity contribution in [1.29, 1.82) is 0 Å². The number of nitrogens with zero attached hydrogens (tertiary/aromatic N) is 2. The maximum Gasteiger partial charge on any atom is 0.242 e. The molecule has 2 rings (SSSR count). The molecule has 1 aliphatic heterocycles. The molecule has 1 aliphatic rings. The highest BCUT2D eigenvalue weighted by atomic mass is 32.2. The molecular formula is C16H26N2O4S2. The third-order valence-corrected chi connectivity index (χ3v) is 8.03. The summed E-state index contributed by atoms with van der Waals surface area (Å²) in [4.78, 5) is 0.212. The van der Waals surface area contributed by atoms with Crippen LogP contribution in [0.4, 0.5) is 0 Å². The van der Waals surface area contributed by atoms with Crippen LogP contribution >= 0.6 is 0 Å². The van der Waals surface area contributed by atoms with Crippen molar-refractivity contribution in [2.45, 2.75) is 31.1 Å². The Morgan fingerprint density at radius 2 is 1.75 bits per heavy atom. The topological polar surface area (TPSA) is 74.8 Å². The summed E-state index contributed by atoms with van der Waals surface area (Å²) in [7, 11) is -3.75. The van der Waals surface area contributed by atoms with Crippen molar-refractivity contribution in [2.24, 2.45) is 5.92 Å². The molecule has 0 amide bonds. The number of aryl methyl sites for hydroxylation is 1. The molecule has 1 atom stereocenters. The van der Waals surface area contributed by atoms with E-state index < -0.39 is 20.0 Å². The lowest BCUT2D eigenvalue weighted by molar-refractivity contribution is 0.281. The normalized spacial score (nSPS) is 20.4. The fourth-order valence-corrected chi connectivity index (χ4v) is 5.36. The molecule has 0 radical (unpaired) electrons. The van der Waals surface area contributed by atoms with Gasteiger partial charge in [-0.1, -0.05) is 19.1 Å². The van der Waals surface area contributed by atoms with E-state index in [0.717, 1.165) is 22.7 Å².